The van der Waals surface area contributed by atoms with Crippen molar-refractivity contribution in [2.45, 2.75) is 13.5 Å². The van der Waals surface area contributed by atoms with E-state index in [9.17, 15) is 4.79 Å². The largest absolute Gasteiger partial charge is 0.497 e. The van der Waals surface area contributed by atoms with E-state index in [-0.39, 0.29) is 5.78 Å². The second-order valence-electron chi connectivity index (χ2n) is 5.23. The molecule has 0 amide bonds. The standard InChI is InChI=1S/C18H17N3O3/c1-12(22)14-4-3-5-15(10-14)19-11-17-20-18(24-21-17)13-6-8-16(23-2)9-7-13/h3-10,19H,11H2,1-2H3. The van der Waals surface area contributed by atoms with Crippen molar-refractivity contribution in [3.8, 4) is 17.2 Å². The van der Waals surface area contributed by atoms with Crippen molar-refractivity contribution >= 4 is 11.5 Å². The van der Waals surface area contributed by atoms with Gasteiger partial charge in [-0.05, 0) is 43.3 Å². The lowest BCUT2D eigenvalue weighted by molar-refractivity contribution is 0.101. The number of ether oxygens (including phenoxy) is 1. The Hall–Kier alpha value is -3.15. The third kappa shape index (κ3) is 3.60. The molecule has 0 aliphatic heterocycles. The highest BCUT2D eigenvalue weighted by atomic mass is 16.5. The molecule has 0 atom stereocenters. The molecule has 0 saturated carbocycles. The van der Waals surface area contributed by atoms with Gasteiger partial charge in [-0.3, -0.25) is 4.79 Å². The number of anilines is 1. The molecule has 6 nitrogen and oxygen atoms in total. The van der Waals surface area contributed by atoms with Crippen molar-refractivity contribution in [1.82, 2.24) is 10.1 Å². The van der Waals surface area contributed by atoms with Crippen LogP contribution in [0.3, 0.4) is 0 Å². The molecule has 122 valence electrons. The van der Waals surface area contributed by atoms with Gasteiger partial charge in [0.25, 0.3) is 5.89 Å². The Kier molecular flexibility index (Phi) is 4.56. The minimum absolute atomic E-state index is 0.0278. The number of carbonyl (C=O) groups excluding carboxylic acids is 1. The lowest BCUT2D eigenvalue weighted by Gasteiger charge is -2.04. The first-order valence-corrected chi connectivity index (χ1v) is 7.47. The Morgan fingerprint density at radius 3 is 2.71 bits per heavy atom. The van der Waals surface area contributed by atoms with Crippen LogP contribution in [0, 0.1) is 0 Å². The highest BCUT2D eigenvalue weighted by Crippen LogP contribution is 2.21. The molecule has 0 aliphatic carbocycles. The van der Waals surface area contributed by atoms with Gasteiger partial charge in [0.2, 0.25) is 0 Å². The molecule has 0 unspecified atom stereocenters. The first-order valence-electron chi connectivity index (χ1n) is 7.47. The quantitative estimate of drug-likeness (QED) is 0.699. The van der Waals surface area contributed by atoms with Crippen LogP contribution in [-0.4, -0.2) is 23.0 Å². The Labute approximate surface area is 139 Å². The maximum absolute atomic E-state index is 11.4. The van der Waals surface area contributed by atoms with Crippen LogP contribution in [0.25, 0.3) is 11.5 Å². The van der Waals surface area contributed by atoms with Crippen molar-refractivity contribution in [2.24, 2.45) is 0 Å². The maximum Gasteiger partial charge on any atom is 0.257 e. The number of nitrogens with one attached hydrogen (secondary N) is 1. The SMILES string of the molecule is COc1ccc(-c2nc(CNc3cccc(C(C)=O)c3)no2)cc1. The molecule has 24 heavy (non-hydrogen) atoms. The van der Waals surface area contributed by atoms with Crippen molar-refractivity contribution in [3.63, 3.8) is 0 Å². The third-order valence-corrected chi connectivity index (χ3v) is 3.52. The molecule has 0 saturated heterocycles. The summed E-state index contributed by atoms with van der Waals surface area (Å²) < 4.78 is 10.4. The summed E-state index contributed by atoms with van der Waals surface area (Å²) >= 11 is 0. The summed E-state index contributed by atoms with van der Waals surface area (Å²) in [5.41, 5.74) is 2.32. The molecule has 3 rings (SSSR count). The molecule has 1 aromatic heterocycles. The predicted octanol–water partition coefficient (Wildman–Crippen LogP) is 3.56. The van der Waals surface area contributed by atoms with Crippen molar-refractivity contribution in [1.29, 1.82) is 0 Å². The van der Waals surface area contributed by atoms with E-state index in [0.717, 1.165) is 17.0 Å². The van der Waals surface area contributed by atoms with Crippen molar-refractivity contribution in [2.75, 3.05) is 12.4 Å². The van der Waals surface area contributed by atoms with Crippen LogP contribution in [0.5, 0.6) is 5.75 Å². The smallest absolute Gasteiger partial charge is 0.257 e. The summed E-state index contributed by atoms with van der Waals surface area (Å²) in [7, 11) is 1.62. The van der Waals surface area contributed by atoms with Gasteiger partial charge < -0.3 is 14.6 Å². The molecule has 0 spiro atoms. The molecule has 1 heterocycles. The fraction of sp³-hybridized carbons (Fsp3) is 0.167. The maximum atomic E-state index is 11.4. The topological polar surface area (TPSA) is 77.2 Å². The number of hydrogen-bond acceptors (Lipinski definition) is 6. The van der Waals surface area contributed by atoms with Gasteiger partial charge in [0.05, 0.1) is 13.7 Å². The Morgan fingerprint density at radius 1 is 1.21 bits per heavy atom. The Morgan fingerprint density at radius 2 is 2.00 bits per heavy atom. The first-order chi connectivity index (χ1) is 11.7. The zero-order chi connectivity index (χ0) is 16.9. The molecular formula is C18H17N3O3. The normalized spacial score (nSPS) is 10.4. The monoisotopic (exact) mass is 323 g/mol. The second kappa shape index (κ2) is 6.95. The van der Waals surface area contributed by atoms with Crippen LogP contribution in [0.15, 0.2) is 53.1 Å². The van der Waals surface area contributed by atoms with E-state index >= 15 is 0 Å². The Balaban J connectivity index is 1.67. The summed E-state index contributed by atoms with van der Waals surface area (Å²) in [6.07, 6.45) is 0. The number of benzene rings is 2. The Bertz CT molecular complexity index is 841. The average molecular weight is 323 g/mol. The van der Waals surface area contributed by atoms with Gasteiger partial charge in [0, 0.05) is 16.8 Å². The fourth-order valence-corrected chi connectivity index (χ4v) is 2.21. The average Bonchev–Trinajstić information content (AvgIpc) is 3.09. The molecule has 0 bridgehead atoms. The number of ketones is 1. The first kappa shape index (κ1) is 15.7. The van der Waals surface area contributed by atoms with E-state index in [1.54, 1.807) is 26.2 Å². The lowest BCUT2D eigenvalue weighted by Crippen LogP contribution is -2.02. The van der Waals surface area contributed by atoms with E-state index in [1.807, 2.05) is 36.4 Å². The van der Waals surface area contributed by atoms with E-state index < -0.39 is 0 Å². The number of hydrogen-bond donors (Lipinski definition) is 1. The van der Waals surface area contributed by atoms with Crippen molar-refractivity contribution in [3.05, 3.63) is 59.9 Å². The van der Waals surface area contributed by atoms with Gasteiger partial charge in [-0.1, -0.05) is 17.3 Å². The van der Waals surface area contributed by atoms with Crippen molar-refractivity contribution < 1.29 is 14.1 Å². The van der Waals surface area contributed by atoms with Crippen LogP contribution >= 0.6 is 0 Å². The van der Waals surface area contributed by atoms with E-state index in [2.05, 4.69) is 15.5 Å². The number of carbonyl (C=O) groups is 1. The minimum atomic E-state index is 0.0278. The van der Waals surface area contributed by atoms with Gasteiger partial charge in [0.1, 0.15) is 5.75 Å². The molecule has 1 N–H and O–H groups in total. The van der Waals surface area contributed by atoms with Gasteiger partial charge in [-0.15, -0.1) is 0 Å². The third-order valence-electron chi connectivity index (χ3n) is 3.52. The molecule has 6 heteroatoms. The molecule has 0 aliphatic rings. The number of aromatic nitrogens is 2. The van der Waals surface area contributed by atoms with Gasteiger partial charge in [0.15, 0.2) is 11.6 Å². The summed E-state index contributed by atoms with van der Waals surface area (Å²) in [6.45, 7) is 1.94. The highest BCUT2D eigenvalue weighted by Gasteiger charge is 2.09. The summed E-state index contributed by atoms with van der Waals surface area (Å²) in [5.74, 6) is 1.78. The lowest BCUT2D eigenvalue weighted by atomic mass is 10.1. The fourth-order valence-electron chi connectivity index (χ4n) is 2.21. The van der Waals surface area contributed by atoms with Crippen LogP contribution in [0.4, 0.5) is 5.69 Å². The molecule has 0 fully saturated rings. The van der Waals surface area contributed by atoms with Crippen LogP contribution in [0.1, 0.15) is 23.1 Å². The van der Waals surface area contributed by atoms with Gasteiger partial charge in [-0.2, -0.15) is 4.98 Å². The van der Waals surface area contributed by atoms with Crippen LogP contribution in [0.2, 0.25) is 0 Å². The number of rotatable bonds is 6. The summed E-state index contributed by atoms with van der Waals surface area (Å²) in [4.78, 5) is 15.8. The molecule has 3 aromatic rings. The van der Waals surface area contributed by atoms with E-state index in [0.29, 0.717) is 23.8 Å². The number of methoxy groups -OCH3 is 1. The number of Topliss-reactive ketones (excluding diaryl/α,β-unsaturated/α-hetero) is 1. The second-order valence-corrected chi connectivity index (χ2v) is 5.23. The molecular weight excluding hydrogens is 306 g/mol. The molecule has 0 radical (unpaired) electrons. The zero-order valence-corrected chi connectivity index (χ0v) is 13.4. The zero-order valence-electron chi connectivity index (χ0n) is 13.4. The molecule has 2 aromatic carbocycles. The minimum Gasteiger partial charge on any atom is -0.497 e. The number of nitrogens with zero attached hydrogens (tertiary/aromatic N) is 2. The van der Waals surface area contributed by atoms with Crippen LogP contribution < -0.4 is 10.1 Å². The van der Waals surface area contributed by atoms with E-state index in [1.165, 1.54) is 0 Å². The summed E-state index contributed by atoms with van der Waals surface area (Å²) in [5, 5.41) is 7.14. The van der Waals surface area contributed by atoms with E-state index in [4.69, 9.17) is 9.26 Å². The van der Waals surface area contributed by atoms with Gasteiger partial charge >= 0.3 is 0 Å². The predicted molar refractivity (Wildman–Crippen MR) is 90.1 cm³/mol. The highest BCUT2D eigenvalue weighted by molar-refractivity contribution is 5.94. The van der Waals surface area contributed by atoms with Gasteiger partial charge in [-0.25, -0.2) is 0 Å². The summed E-state index contributed by atoms with van der Waals surface area (Å²) in [6, 6.07) is 14.7. The van der Waals surface area contributed by atoms with Crippen LogP contribution in [-0.2, 0) is 6.54 Å².